The van der Waals surface area contributed by atoms with E-state index < -0.39 is 0 Å². The summed E-state index contributed by atoms with van der Waals surface area (Å²) in [6.07, 6.45) is 5.93. The van der Waals surface area contributed by atoms with Gasteiger partial charge in [-0.05, 0) is 45.6 Å². The fraction of sp³-hybridized carbons (Fsp3) is 0.714. The van der Waals surface area contributed by atoms with Crippen LogP contribution >= 0.6 is 0 Å². The van der Waals surface area contributed by atoms with Crippen molar-refractivity contribution in [1.82, 2.24) is 15.1 Å². The van der Waals surface area contributed by atoms with Crippen molar-refractivity contribution in [2.24, 2.45) is 0 Å². The summed E-state index contributed by atoms with van der Waals surface area (Å²) >= 11 is 0. The molecule has 1 saturated carbocycles. The van der Waals surface area contributed by atoms with Gasteiger partial charge in [0.2, 0.25) is 5.91 Å². The first-order chi connectivity index (χ1) is 13.5. The van der Waals surface area contributed by atoms with Gasteiger partial charge in [0.15, 0.2) is 0 Å². The lowest BCUT2D eigenvalue weighted by molar-refractivity contribution is -0.153. The minimum atomic E-state index is -0.167. The lowest BCUT2D eigenvalue weighted by Crippen LogP contribution is -2.57. The van der Waals surface area contributed by atoms with E-state index in [0.717, 1.165) is 37.7 Å². The molecule has 3 heterocycles. The highest BCUT2D eigenvalue weighted by Crippen LogP contribution is 2.29. The van der Waals surface area contributed by atoms with Gasteiger partial charge in [-0.3, -0.25) is 9.59 Å². The van der Waals surface area contributed by atoms with Crippen molar-refractivity contribution in [3.05, 3.63) is 23.2 Å². The molecule has 154 valence electrons. The number of nitrogens with one attached hydrogen (secondary N) is 1. The van der Waals surface area contributed by atoms with Crippen LogP contribution in [0.15, 0.2) is 10.5 Å². The van der Waals surface area contributed by atoms with Crippen molar-refractivity contribution in [2.45, 2.75) is 64.1 Å². The topological polar surface area (TPSA) is 75.0 Å². The Bertz CT molecular complexity index is 719. The number of nitrogens with zero attached hydrogens (tertiary/aromatic N) is 2. The Hall–Kier alpha value is -1.86. The van der Waals surface area contributed by atoms with Crippen molar-refractivity contribution in [2.75, 3.05) is 32.8 Å². The Balaban J connectivity index is 1.28. The van der Waals surface area contributed by atoms with Crippen LogP contribution in [0.5, 0.6) is 0 Å². The number of amides is 2. The molecular formula is C21H31N3O4. The maximum absolute atomic E-state index is 12.4. The molecule has 1 aliphatic carbocycles. The molecule has 2 amide bonds. The molecule has 1 N–H and O–H groups in total. The largest absolute Gasteiger partial charge is 0.466 e. The number of ether oxygens (including phenoxy) is 1. The second-order valence-corrected chi connectivity index (χ2v) is 8.37. The number of likely N-dealkylation sites (tertiary alicyclic amines) is 1. The van der Waals surface area contributed by atoms with Gasteiger partial charge in [0.25, 0.3) is 5.91 Å². The summed E-state index contributed by atoms with van der Waals surface area (Å²) in [5.41, 5.74) is 0.560. The van der Waals surface area contributed by atoms with Crippen molar-refractivity contribution >= 4 is 11.8 Å². The van der Waals surface area contributed by atoms with Gasteiger partial charge >= 0.3 is 0 Å². The van der Waals surface area contributed by atoms with E-state index in [9.17, 15) is 9.59 Å². The predicted molar refractivity (Wildman–Crippen MR) is 104 cm³/mol. The van der Waals surface area contributed by atoms with Crippen LogP contribution in [0.1, 0.15) is 54.0 Å². The fourth-order valence-corrected chi connectivity index (χ4v) is 4.59. The van der Waals surface area contributed by atoms with Gasteiger partial charge in [-0.2, -0.15) is 0 Å². The number of aryl methyl sites for hydroxylation is 2. The van der Waals surface area contributed by atoms with Crippen LogP contribution in [0.25, 0.3) is 0 Å². The second kappa shape index (κ2) is 8.25. The van der Waals surface area contributed by atoms with Gasteiger partial charge in [-0.15, -0.1) is 0 Å². The summed E-state index contributed by atoms with van der Waals surface area (Å²) in [6.45, 7) is 6.83. The fourth-order valence-electron chi connectivity index (χ4n) is 4.59. The molecule has 1 atom stereocenters. The van der Waals surface area contributed by atoms with Crippen LogP contribution in [0.2, 0.25) is 0 Å². The average Bonchev–Trinajstić information content (AvgIpc) is 2.98. The molecule has 0 spiro atoms. The molecule has 3 fully saturated rings. The normalized spacial score (nSPS) is 25.0. The predicted octanol–water partition coefficient (Wildman–Crippen LogP) is 1.87. The summed E-state index contributed by atoms with van der Waals surface area (Å²) in [5.74, 6) is 1.26. The molecule has 1 unspecified atom stereocenters. The van der Waals surface area contributed by atoms with Crippen molar-refractivity contribution in [3.63, 3.8) is 0 Å². The summed E-state index contributed by atoms with van der Waals surface area (Å²) in [6, 6.07) is 2.82. The van der Waals surface area contributed by atoms with Crippen LogP contribution in [0.4, 0.5) is 0 Å². The van der Waals surface area contributed by atoms with E-state index in [1.165, 1.54) is 19.3 Å². The third-order valence-corrected chi connectivity index (χ3v) is 6.47. The minimum absolute atomic E-state index is 0.0750. The van der Waals surface area contributed by atoms with Crippen molar-refractivity contribution in [3.8, 4) is 0 Å². The number of carbonyl (C=O) groups is 2. The van der Waals surface area contributed by atoms with Crippen LogP contribution in [-0.2, 0) is 9.53 Å². The average molecular weight is 389 g/mol. The van der Waals surface area contributed by atoms with E-state index in [1.807, 2.05) is 11.8 Å². The van der Waals surface area contributed by atoms with Crippen LogP contribution in [-0.4, -0.2) is 72.6 Å². The molecule has 0 aromatic carbocycles. The van der Waals surface area contributed by atoms with Crippen molar-refractivity contribution < 1.29 is 18.7 Å². The number of hydrogen-bond donors (Lipinski definition) is 1. The number of piperidine rings is 1. The van der Waals surface area contributed by atoms with Crippen LogP contribution in [0, 0.1) is 13.8 Å². The SMILES string of the molecule is Cc1cc(C(=O)NCC2CN(C3CCN(C4CCC4)CC3)C(=O)CO2)c(C)o1. The number of rotatable bonds is 5. The third kappa shape index (κ3) is 4.10. The Morgan fingerprint density at radius 1 is 1.18 bits per heavy atom. The molecule has 3 aliphatic rings. The quantitative estimate of drug-likeness (QED) is 0.832. The van der Waals surface area contributed by atoms with Crippen molar-refractivity contribution in [1.29, 1.82) is 0 Å². The lowest BCUT2D eigenvalue weighted by Gasteiger charge is -2.45. The third-order valence-electron chi connectivity index (χ3n) is 6.47. The molecule has 4 rings (SSSR count). The second-order valence-electron chi connectivity index (χ2n) is 8.37. The monoisotopic (exact) mass is 389 g/mol. The smallest absolute Gasteiger partial charge is 0.254 e. The molecule has 28 heavy (non-hydrogen) atoms. The Kier molecular flexibility index (Phi) is 5.73. The minimum Gasteiger partial charge on any atom is -0.466 e. The molecular weight excluding hydrogens is 358 g/mol. The first-order valence-corrected chi connectivity index (χ1v) is 10.5. The number of furan rings is 1. The van der Waals surface area contributed by atoms with Crippen LogP contribution < -0.4 is 5.32 Å². The highest BCUT2D eigenvalue weighted by atomic mass is 16.5. The molecule has 0 bridgehead atoms. The van der Waals surface area contributed by atoms with Gasteiger partial charge in [0.05, 0.1) is 11.7 Å². The van der Waals surface area contributed by atoms with Gasteiger partial charge < -0.3 is 24.3 Å². The molecule has 7 nitrogen and oxygen atoms in total. The summed E-state index contributed by atoms with van der Waals surface area (Å²) in [7, 11) is 0. The zero-order chi connectivity index (χ0) is 19.7. The number of hydrogen-bond acceptors (Lipinski definition) is 5. The van der Waals surface area contributed by atoms with E-state index in [4.69, 9.17) is 9.15 Å². The van der Waals surface area contributed by atoms with Crippen LogP contribution in [0.3, 0.4) is 0 Å². The first kappa shape index (κ1) is 19.5. The summed E-state index contributed by atoms with van der Waals surface area (Å²) in [4.78, 5) is 29.4. The van der Waals surface area contributed by atoms with E-state index in [-0.39, 0.29) is 24.5 Å². The molecule has 0 radical (unpaired) electrons. The van der Waals surface area contributed by atoms with Gasteiger partial charge in [-0.1, -0.05) is 6.42 Å². The van der Waals surface area contributed by atoms with Gasteiger partial charge in [0.1, 0.15) is 18.1 Å². The zero-order valence-corrected chi connectivity index (χ0v) is 16.9. The van der Waals surface area contributed by atoms with Gasteiger partial charge in [0, 0.05) is 38.3 Å². The van der Waals surface area contributed by atoms with E-state index >= 15 is 0 Å². The molecule has 1 aromatic rings. The Labute approximate surface area is 166 Å². The maximum atomic E-state index is 12.4. The number of carbonyl (C=O) groups excluding carboxylic acids is 2. The zero-order valence-electron chi connectivity index (χ0n) is 16.9. The number of morpholine rings is 1. The molecule has 7 heteroatoms. The highest BCUT2D eigenvalue weighted by molar-refractivity contribution is 5.95. The summed E-state index contributed by atoms with van der Waals surface area (Å²) < 4.78 is 11.1. The highest BCUT2D eigenvalue weighted by Gasteiger charge is 2.35. The molecule has 1 aromatic heterocycles. The molecule has 2 aliphatic heterocycles. The maximum Gasteiger partial charge on any atom is 0.254 e. The summed E-state index contributed by atoms with van der Waals surface area (Å²) in [5, 5.41) is 2.93. The van der Waals surface area contributed by atoms with E-state index in [1.54, 1.807) is 13.0 Å². The molecule has 2 saturated heterocycles. The van der Waals surface area contributed by atoms with Gasteiger partial charge in [-0.25, -0.2) is 0 Å². The Morgan fingerprint density at radius 3 is 2.54 bits per heavy atom. The first-order valence-electron chi connectivity index (χ1n) is 10.5. The van der Waals surface area contributed by atoms with E-state index in [2.05, 4.69) is 10.2 Å². The Morgan fingerprint density at radius 2 is 1.93 bits per heavy atom. The lowest BCUT2D eigenvalue weighted by atomic mass is 9.89. The standard InChI is InChI=1S/C21H31N3O4/c1-14-10-19(15(2)28-14)21(26)22-11-18-12-24(20(25)13-27-18)17-6-8-23(9-7-17)16-4-3-5-16/h10,16-18H,3-9,11-13H2,1-2H3,(H,22,26). The van der Waals surface area contributed by atoms with E-state index in [0.29, 0.717) is 30.5 Å².